The monoisotopic (exact) mass is 582 g/mol. The first-order valence-electron chi connectivity index (χ1n) is 10.7. The molecule has 37 heavy (non-hydrogen) atoms. The Hall–Kier alpha value is -3.35. The third-order valence-electron chi connectivity index (χ3n) is 4.14. The van der Waals surface area contributed by atoms with Crippen molar-refractivity contribution in [2.24, 2.45) is 0 Å². The Morgan fingerprint density at radius 2 is 1.08 bits per heavy atom. The van der Waals surface area contributed by atoms with E-state index in [-0.39, 0.29) is 38.5 Å². The second-order valence-corrected chi connectivity index (χ2v) is 6.66. The fourth-order valence-electron chi connectivity index (χ4n) is 2.41. The molecule has 0 fully saturated rings. The van der Waals surface area contributed by atoms with Crippen molar-refractivity contribution in [2.75, 3.05) is 14.4 Å². The Morgan fingerprint density at radius 3 is 1.46 bits per heavy atom. The van der Waals surface area contributed by atoms with Crippen molar-refractivity contribution in [3.05, 3.63) is 138 Å². The second-order valence-electron chi connectivity index (χ2n) is 6.66. The first-order valence-corrected chi connectivity index (χ1v) is 10.7. The number of hydrogen-bond acceptors (Lipinski definition) is 4. The van der Waals surface area contributed by atoms with E-state index in [1.54, 1.807) is 36.4 Å². The Kier molecular flexibility index (Phi) is 23.6. The predicted octanol–water partition coefficient (Wildman–Crippen LogP) is 7.32. The van der Waals surface area contributed by atoms with Crippen LogP contribution in [0.15, 0.2) is 109 Å². The summed E-state index contributed by atoms with van der Waals surface area (Å²) in [5.74, 6) is 0.954. The molecule has 193 valence electrons. The summed E-state index contributed by atoms with van der Waals surface area (Å²) < 4.78 is 24.6. The molecule has 0 amide bonds. The van der Waals surface area contributed by atoms with Gasteiger partial charge < -0.3 is 9.84 Å². The van der Waals surface area contributed by atoms with Crippen molar-refractivity contribution in [1.29, 1.82) is 0 Å². The molecule has 0 aliphatic carbocycles. The van der Waals surface area contributed by atoms with Crippen molar-refractivity contribution in [2.45, 2.75) is 6.61 Å². The molecule has 0 aliphatic heterocycles. The van der Waals surface area contributed by atoms with Crippen LogP contribution in [0.25, 0.3) is 0 Å². The van der Waals surface area contributed by atoms with Gasteiger partial charge in [0.05, 0.1) is 14.4 Å². The Balaban J connectivity index is 0. The maximum Gasteiger partial charge on any atom is 0.150 e. The molecule has 7 heteroatoms. The molecule has 1 N–H and O–H groups in total. The van der Waals surface area contributed by atoms with Crippen LogP contribution >= 0.6 is 0 Å². The summed E-state index contributed by atoms with van der Waals surface area (Å²) in [6, 6.07) is 33.0. The molecule has 4 nitrogen and oxygen atoms in total. The minimum absolute atomic E-state index is 0. The van der Waals surface area contributed by atoms with Crippen LogP contribution < -0.4 is 4.74 Å². The van der Waals surface area contributed by atoms with Gasteiger partial charge in [-0.05, 0) is 54.1 Å². The van der Waals surface area contributed by atoms with Gasteiger partial charge in [-0.2, -0.15) is 24.6 Å². The Morgan fingerprint density at radius 1 is 0.676 bits per heavy atom. The molecule has 0 aromatic heterocycles. The predicted molar refractivity (Wildman–Crippen MR) is 141 cm³/mol. The first-order chi connectivity index (χ1) is 17.6. The molecular weight excluding hydrogens is 551 g/mol. The van der Waals surface area contributed by atoms with E-state index in [1.807, 2.05) is 60.7 Å². The quantitative estimate of drug-likeness (QED) is 0.198. The number of carbonyl (C=O) groups is 2. The first kappa shape index (κ1) is 35.8. The Labute approximate surface area is 243 Å². The summed E-state index contributed by atoms with van der Waals surface area (Å²) in [4.78, 5) is 20.5. The number of aldehydes is 2. The minimum atomic E-state index is 0. The number of phenolic OH excluding ortho intramolecular Hbond substituents is 1. The average Bonchev–Trinajstić information content (AvgIpc) is 2.96. The van der Waals surface area contributed by atoms with E-state index in [0.717, 1.165) is 29.4 Å². The number of carbonyl (C=O) groups excluding carboxylic acids is 2. The fraction of sp³-hybridized carbons (Fsp3) is 0.100. The third-order valence-corrected chi connectivity index (χ3v) is 4.14. The molecule has 1 radical (unpaired) electrons. The number of ether oxygens (including phenoxy) is 1. The topological polar surface area (TPSA) is 63.6 Å². The zero-order valence-corrected chi connectivity index (χ0v) is 23.8. The van der Waals surface area contributed by atoms with Crippen molar-refractivity contribution >= 4 is 12.6 Å². The minimum Gasteiger partial charge on any atom is -0.508 e. The molecule has 0 saturated carbocycles. The number of benzene rings is 4. The third kappa shape index (κ3) is 17.7. The van der Waals surface area contributed by atoms with E-state index >= 15 is 0 Å². The van der Waals surface area contributed by atoms with Crippen LogP contribution in [0.4, 0.5) is 8.78 Å². The molecular formula is C30H31F2O4Y-. The van der Waals surface area contributed by atoms with Crippen LogP contribution in [0.3, 0.4) is 0 Å². The normalized spacial score (nSPS) is 8.32. The van der Waals surface area contributed by atoms with E-state index in [0.29, 0.717) is 32.1 Å². The molecule has 0 atom stereocenters. The van der Waals surface area contributed by atoms with Crippen molar-refractivity contribution < 1.29 is 60.9 Å². The summed E-state index contributed by atoms with van der Waals surface area (Å²) in [5.41, 5.74) is 3.43. The number of rotatable bonds is 5. The fourth-order valence-corrected chi connectivity index (χ4v) is 2.41. The average molecular weight is 582 g/mol. The van der Waals surface area contributed by atoms with Crippen molar-refractivity contribution in [3.63, 3.8) is 0 Å². The zero-order valence-electron chi connectivity index (χ0n) is 21.0. The number of halogens is 2. The summed E-state index contributed by atoms with van der Waals surface area (Å²) in [6.45, 7) is 4.26. The van der Waals surface area contributed by atoms with Gasteiger partial charge in [-0.1, -0.05) is 36.4 Å². The zero-order chi connectivity index (χ0) is 27.0. The van der Waals surface area contributed by atoms with E-state index in [4.69, 9.17) is 9.84 Å². The molecule has 4 rings (SSSR count). The van der Waals surface area contributed by atoms with Gasteiger partial charge in [0, 0.05) is 43.8 Å². The summed E-state index contributed by atoms with van der Waals surface area (Å²) in [6.07, 6.45) is 1.56. The maximum atomic E-state index is 10.5. The summed E-state index contributed by atoms with van der Waals surface area (Å²) in [5, 5.41) is 8.74. The van der Waals surface area contributed by atoms with E-state index < -0.39 is 0 Å². The molecule has 4 aromatic rings. The van der Waals surface area contributed by atoms with Gasteiger partial charge in [-0.15, -0.1) is 12.1 Å². The number of aromatic hydroxyl groups is 1. The number of hydrogen-bond donors (Lipinski definition) is 1. The van der Waals surface area contributed by atoms with Gasteiger partial charge in [-0.3, -0.25) is 18.4 Å². The van der Waals surface area contributed by atoms with Crippen LogP contribution in [-0.4, -0.2) is 32.0 Å². The molecule has 0 aliphatic rings. The van der Waals surface area contributed by atoms with Gasteiger partial charge >= 0.3 is 0 Å². The molecule has 4 aromatic carbocycles. The molecule has 0 bridgehead atoms. The van der Waals surface area contributed by atoms with Crippen LogP contribution in [0.1, 0.15) is 31.8 Å². The van der Waals surface area contributed by atoms with Crippen molar-refractivity contribution in [1.82, 2.24) is 0 Å². The van der Waals surface area contributed by atoms with Gasteiger partial charge in [0.1, 0.15) is 30.7 Å². The van der Waals surface area contributed by atoms with Crippen LogP contribution in [-0.2, 0) is 39.3 Å². The second kappa shape index (κ2) is 24.4. The maximum absolute atomic E-state index is 10.5. The molecule has 0 heterocycles. The summed E-state index contributed by atoms with van der Waals surface area (Å²) >= 11 is 0. The number of alkyl halides is 2. The van der Waals surface area contributed by atoms with Gasteiger partial charge in [0.2, 0.25) is 0 Å². The van der Waals surface area contributed by atoms with Gasteiger partial charge in [0.25, 0.3) is 0 Å². The van der Waals surface area contributed by atoms with Crippen molar-refractivity contribution in [3.8, 4) is 11.5 Å². The van der Waals surface area contributed by atoms with E-state index in [9.17, 15) is 18.4 Å². The van der Waals surface area contributed by atoms with Crippen LogP contribution in [0.2, 0.25) is 0 Å². The van der Waals surface area contributed by atoms with E-state index in [2.05, 4.69) is 6.92 Å². The van der Waals surface area contributed by atoms with Gasteiger partial charge in [0.15, 0.2) is 0 Å². The number of phenols is 1. The van der Waals surface area contributed by atoms with Gasteiger partial charge in [-0.25, -0.2) is 0 Å². The molecule has 0 saturated heterocycles. The van der Waals surface area contributed by atoms with Crippen LogP contribution in [0.5, 0.6) is 11.5 Å². The standard InChI is InChI=1S/C14H12O2.C7H6O2.C7H7.2CH3F.Y/c15-10-12-6-8-14(9-7-12)16-11-13-4-2-1-3-5-13;8-5-6-1-3-7(9)4-2-6;1-7-5-3-2-4-6-7;2*1-2;/h1-10H,11H2;1-5,9H;2-6H,1H2;2*1H3;/q;;-1;;;. The smallest absolute Gasteiger partial charge is 0.150 e. The van der Waals surface area contributed by atoms with Crippen LogP contribution in [0, 0.1) is 6.92 Å². The SMILES string of the molecule is CF.CF.O=Cc1ccc(O)cc1.O=Cc1ccc(OCc2ccccc2)cc1.[CH2-]c1ccccc1.[Y]. The largest absolute Gasteiger partial charge is 0.508 e. The molecule has 0 unspecified atom stereocenters. The Bertz CT molecular complexity index is 1060. The molecule has 0 spiro atoms. The van der Waals surface area contributed by atoms with E-state index in [1.165, 1.54) is 12.1 Å². The summed E-state index contributed by atoms with van der Waals surface area (Å²) in [7, 11) is 1.00.